The molecule has 1 atom stereocenters. The van der Waals surface area contributed by atoms with Gasteiger partial charge < -0.3 is 10.2 Å². The number of benzene rings is 6. The van der Waals surface area contributed by atoms with Gasteiger partial charge in [0.15, 0.2) is 5.78 Å². The van der Waals surface area contributed by atoms with Crippen molar-refractivity contribution in [2.75, 3.05) is 6.61 Å². The van der Waals surface area contributed by atoms with E-state index in [2.05, 4.69) is 47.8 Å². The van der Waals surface area contributed by atoms with Gasteiger partial charge in [-0.3, -0.25) is 9.59 Å². The molecule has 0 aliphatic rings. The second kappa shape index (κ2) is 18.5. The lowest BCUT2D eigenvalue weighted by atomic mass is 9.96. The first kappa shape index (κ1) is 36.8. The maximum Gasteiger partial charge on any atom is 0.195 e. The fourth-order valence-corrected chi connectivity index (χ4v) is 5.47. The smallest absolute Gasteiger partial charge is 0.195 e. The van der Waals surface area contributed by atoms with Gasteiger partial charge in [0.1, 0.15) is 12.4 Å². The predicted molar refractivity (Wildman–Crippen MR) is 206 cm³/mol. The Kier molecular flexibility index (Phi) is 14.2. The minimum atomic E-state index is -1.19. The number of ketones is 1. The Balaban J connectivity index is 0.000000241. The van der Waals surface area contributed by atoms with Crippen molar-refractivity contribution in [2.24, 2.45) is 0 Å². The number of Topliss-reactive ketones (excluding diaryl/α,β-unsaturated/α-hetero) is 1. The number of carbonyl (C=O) groups excluding carboxylic acids is 2. The number of halogens is 3. The van der Waals surface area contributed by atoms with E-state index >= 15 is 0 Å². The molecule has 1 unspecified atom stereocenters. The Morgan fingerprint density at radius 1 is 0.542 bits per heavy atom. The van der Waals surface area contributed by atoms with Crippen LogP contribution in [-0.4, -0.2) is 28.9 Å². The quantitative estimate of drug-likeness (QED) is 0.124. The van der Waals surface area contributed by atoms with Crippen LogP contribution in [0.4, 0.5) is 0 Å². The van der Waals surface area contributed by atoms with Gasteiger partial charge >= 0.3 is 0 Å². The largest absolute Gasteiger partial charge is 0.397 e. The molecule has 0 heterocycles. The Morgan fingerprint density at radius 2 is 0.812 bits per heavy atom. The summed E-state index contributed by atoms with van der Waals surface area (Å²) in [6.07, 6.45) is -0.340. The fraction of sp³-hybridized carbons (Fsp3) is 0.0732. The van der Waals surface area contributed by atoms with Gasteiger partial charge in [-0.15, -0.1) is 0 Å². The van der Waals surface area contributed by atoms with E-state index in [4.69, 9.17) is 5.11 Å². The zero-order valence-corrected chi connectivity index (χ0v) is 30.8. The molecule has 0 aliphatic carbocycles. The molecule has 0 spiro atoms. The van der Waals surface area contributed by atoms with E-state index in [1.165, 1.54) is 0 Å². The lowest BCUT2D eigenvalue weighted by Gasteiger charge is -2.12. The third kappa shape index (κ3) is 10.5. The predicted octanol–water partition coefficient (Wildman–Crippen LogP) is 11.4. The number of aliphatic hydroxyl groups is 2. The topological polar surface area (TPSA) is 74.6 Å². The number of aliphatic hydroxyl groups excluding tert-OH is 2. The van der Waals surface area contributed by atoms with Crippen LogP contribution in [0.2, 0.25) is 0 Å². The lowest BCUT2D eigenvalue weighted by molar-refractivity contribution is 0.0747. The molecule has 0 radical (unpaired) electrons. The summed E-state index contributed by atoms with van der Waals surface area (Å²) in [6.45, 7) is 1.93. The number of hydrogen-bond acceptors (Lipinski definition) is 4. The highest BCUT2D eigenvalue weighted by molar-refractivity contribution is 9.11. The second-order valence-corrected chi connectivity index (χ2v) is 13.3. The molecule has 6 aromatic carbocycles. The fourth-order valence-electron chi connectivity index (χ4n) is 4.68. The monoisotopic (exact) mass is 826 g/mol. The molecule has 4 nitrogen and oxygen atoms in total. The molecule has 6 aromatic rings. The molecule has 242 valence electrons. The molecule has 0 aromatic heterocycles. The maximum absolute atomic E-state index is 12.8. The molecule has 0 aliphatic heterocycles. The van der Waals surface area contributed by atoms with Gasteiger partial charge in [-0.1, -0.05) is 157 Å². The summed E-state index contributed by atoms with van der Waals surface area (Å²) < 4.78 is 3.11. The van der Waals surface area contributed by atoms with Crippen molar-refractivity contribution in [3.8, 4) is 33.4 Å². The van der Waals surface area contributed by atoms with E-state index in [1.54, 1.807) is 31.2 Å². The van der Waals surface area contributed by atoms with Gasteiger partial charge in [0.25, 0.3) is 0 Å². The molecule has 0 saturated heterocycles. The van der Waals surface area contributed by atoms with E-state index in [0.717, 1.165) is 53.1 Å². The van der Waals surface area contributed by atoms with E-state index < -0.39 is 6.10 Å². The van der Waals surface area contributed by atoms with Crippen LogP contribution in [0.3, 0.4) is 0 Å². The highest BCUT2D eigenvalue weighted by Crippen LogP contribution is 2.27. The van der Waals surface area contributed by atoms with E-state index in [0.29, 0.717) is 16.7 Å². The van der Waals surface area contributed by atoms with Crippen LogP contribution in [0.5, 0.6) is 0 Å². The molecule has 0 saturated carbocycles. The first-order valence-corrected chi connectivity index (χ1v) is 17.5. The molecule has 0 bridgehead atoms. The van der Waals surface area contributed by atoms with Crippen molar-refractivity contribution < 1.29 is 19.8 Å². The van der Waals surface area contributed by atoms with Crippen molar-refractivity contribution in [1.29, 1.82) is 0 Å². The molecular weight excluding hydrogens is 796 g/mol. The SMILES string of the molecule is CCO.O=C(c1ccc(-c2ccc(Br)cc2)cc1)C(O)c1ccc(-c2ccc(Br)cc2)cc1.O=Cc1ccc(-c2ccc(Br)cc2)cc1. The summed E-state index contributed by atoms with van der Waals surface area (Å²) in [6, 6.07) is 46.4. The van der Waals surface area contributed by atoms with E-state index in [9.17, 15) is 14.7 Å². The normalized spacial score (nSPS) is 10.9. The van der Waals surface area contributed by atoms with Crippen molar-refractivity contribution in [1.82, 2.24) is 0 Å². The van der Waals surface area contributed by atoms with Crippen LogP contribution in [0.25, 0.3) is 33.4 Å². The standard InChI is InChI=1S/C26H18Br2O2.C13H9BrO.C2H6O/c27-23-13-9-19(10-14-23)17-1-5-21(6-2-17)25(29)26(30)22-7-3-18(4-8-22)20-11-15-24(28)16-12-20;14-13-7-5-12(6-8-13)11-3-1-10(9-15)2-4-11;1-2-3/h1-16,25,29H;1-9H;3H,2H2,1H3. The van der Waals surface area contributed by atoms with Crippen LogP contribution < -0.4 is 0 Å². The Hall–Kier alpha value is -3.98. The average molecular weight is 829 g/mol. The van der Waals surface area contributed by atoms with Gasteiger partial charge in [-0.25, -0.2) is 0 Å². The maximum atomic E-state index is 12.8. The number of carbonyl (C=O) groups is 2. The van der Waals surface area contributed by atoms with Crippen LogP contribution >= 0.6 is 47.8 Å². The molecular formula is C41H33Br3O4. The van der Waals surface area contributed by atoms with Crippen molar-refractivity contribution in [3.63, 3.8) is 0 Å². The molecule has 0 amide bonds. The highest BCUT2D eigenvalue weighted by Gasteiger charge is 2.19. The summed E-state index contributed by atoms with van der Waals surface area (Å²) >= 11 is 10.3. The first-order chi connectivity index (χ1) is 23.2. The van der Waals surface area contributed by atoms with Gasteiger partial charge in [0.2, 0.25) is 0 Å². The summed E-state index contributed by atoms with van der Waals surface area (Å²) in [5, 5.41) is 18.2. The zero-order valence-electron chi connectivity index (χ0n) is 26.1. The Morgan fingerprint density at radius 3 is 1.12 bits per heavy atom. The molecule has 48 heavy (non-hydrogen) atoms. The van der Waals surface area contributed by atoms with Gasteiger partial charge in [-0.2, -0.15) is 0 Å². The van der Waals surface area contributed by atoms with Gasteiger partial charge in [0.05, 0.1) is 0 Å². The van der Waals surface area contributed by atoms with E-state index in [1.807, 2.05) is 121 Å². The summed E-state index contributed by atoms with van der Waals surface area (Å²) in [5.74, 6) is -0.311. The molecule has 0 fully saturated rings. The van der Waals surface area contributed by atoms with Crippen LogP contribution in [0.15, 0.2) is 159 Å². The Labute approximate surface area is 306 Å². The molecule has 6 rings (SSSR count). The van der Waals surface area contributed by atoms with Crippen LogP contribution in [0, 0.1) is 0 Å². The highest BCUT2D eigenvalue weighted by atomic mass is 79.9. The van der Waals surface area contributed by atoms with Gasteiger partial charge in [0, 0.05) is 31.2 Å². The third-order valence-corrected chi connectivity index (χ3v) is 8.81. The molecule has 2 N–H and O–H groups in total. The van der Waals surface area contributed by atoms with Crippen LogP contribution in [-0.2, 0) is 0 Å². The lowest BCUT2D eigenvalue weighted by Crippen LogP contribution is -2.12. The number of aldehydes is 1. The first-order valence-electron chi connectivity index (χ1n) is 15.1. The zero-order chi connectivity index (χ0) is 34.5. The minimum absolute atomic E-state index is 0.250. The van der Waals surface area contributed by atoms with Crippen LogP contribution in [0.1, 0.15) is 39.3 Å². The second-order valence-electron chi connectivity index (χ2n) is 10.5. The van der Waals surface area contributed by atoms with Crippen molar-refractivity contribution in [2.45, 2.75) is 13.0 Å². The molecule has 7 heteroatoms. The van der Waals surface area contributed by atoms with Gasteiger partial charge in [-0.05, 0) is 82.3 Å². The average Bonchev–Trinajstić information content (AvgIpc) is 3.13. The number of rotatable bonds is 7. The van der Waals surface area contributed by atoms with E-state index in [-0.39, 0.29) is 12.4 Å². The summed E-state index contributed by atoms with van der Waals surface area (Å²) in [7, 11) is 0. The minimum Gasteiger partial charge on any atom is -0.397 e. The Bertz CT molecular complexity index is 1890. The third-order valence-electron chi connectivity index (χ3n) is 7.22. The number of hydrogen-bond donors (Lipinski definition) is 2. The summed E-state index contributed by atoms with van der Waals surface area (Å²) in [5.41, 5.74) is 8.24. The summed E-state index contributed by atoms with van der Waals surface area (Å²) in [4.78, 5) is 23.3. The van der Waals surface area contributed by atoms with Crippen molar-refractivity contribution >= 4 is 59.9 Å². The van der Waals surface area contributed by atoms with Crippen molar-refractivity contribution in [3.05, 3.63) is 176 Å².